The second kappa shape index (κ2) is 10.6. The van der Waals surface area contributed by atoms with Gasteiger partial charge in [-0.25, -0.2) is 23.2 Å². The van der Waals surface area contributed by atoms with E-state index in [-0.39, 0.29) is 33.8 Å². The largest absolute Gasteiger partial charge is 0.465 e. The highest BCUT2D eigenvalue weighted by Gasteiger charge is 2.36. The SMILES string of the molecule is COC(=O)c1ccccc1NC(=O)CSc1ncc2c(n1)-c1ccccc1N(Cc1ccccc1)S2(=O)=O. The first-order chi connectivity index (χ1) is 18.4. The van der Waals surface area contributed by atoms with Gasteiger partial charge in [-0.15, -0.1) is 0 Å². The average Bonchev–Trinajstić information content (AvgIpc) is 2.94. The molecule has 2 heterocycles. The standard InChI is InChI=1S/C27H22N4O5S2/c1-36-26(33)19-11-5-7-13-21(19)29-24(32)17-37-27-28-15-23-25(30-27)20-12-6-8-14-22(20)31(38(23,34)35)16-18-9-3-2-4-10-18/h2-15H,16-17H2,1H3,(H,29,32). The number of nitrogens with zero attached hydrogens (tertiary/aromatic N) is 3. The van der Waals surface area contributed by atoms with Crippen molar-refractivity contribution in [3.05, 3.63) is 96.2 Å². The number of thioether (sulfide) groups is 1. The molecule has 0 radical (unpaired) electrons. The van der Waals surface area contributed by atoms with Crippen molar-refractivity contribution in [3.8, 4) is 11.3 Å². The zero-order chi connectivity index (χ0) is 26.7. The van der Waals surface area contributed by atoms with Gasteiger partial charge in [0.05, 0.1) is 48.2 Å². The van der Waals surface area contributed by atoms with Crippen molar-refractivity contribution in [2.75, 3.05) is 22.5 Å². The topological polar surface area (TPSA) is 119 Å². The van der Waals surface area contributed by atoms with Crippen LogP contribution >= 0.6 is 11.8 Å². The normalized spacial score (nSPS) is 13.2. The predicted molar refractivity (Wildman–Crippen MR) is 144 cm³/mol. The highest BCUT2D eigenvalue weighted by atomic mass is 32.2. The summed E-state index contributed by atoms with van der Waals surface area (Å²) in [6.45, 7) is 0.170. The number of hydrogen-bond acceptors (Lipinski definition) is 8. The number of amides is 1. The molecule has 1 aliphatic heterocycles. The van der Waals surface area contributed by atoms with E-state index in [1.807, 2.05) is 42.5 Å². The van der Waals surface area contributed by atoms with Crippen LogP contribution in [0.2, 0.25) is 0 Å². The maximum Gasteiger partial charge on any atom is 0.339 e. The third-order valence-corrected chi connectivity index (χ3v) is 8.46. The summed E-state index contributed by atoms with van der Waals surface area (Å²) in [5.74, 6) is -0.995. The fourth-order valence-corrected chi connectivity index (χ4v) is 6.24. The summed E-state index contributed by atoms with van der Waals surface area (Å²) in [6.07, 6.45) is 1.29. The lowest BCUT2D eigenvalue weighted by Crippen LogP contribution is -2.34. The Morgan fingerprint density at radius 2 is 1.68 bits per heavy atom. The fraction of sp³-hybridized carbons (Fsp3) is 0.111. The zero-order valence-corrected chi connectivity index (χ0v) is 21.8. The minimum absolute atomic E-state index is 0.00735. The van der Waals surface area contributed by atoms with E-state index in [2.05, 4.69) is 15.3 Å². The Kier molecular flexibility index (Phi) is 7.12. The lowest BCUT2D eigenvalue weighted by molar-refractivity contribution is -0.113. The van der Waals surface area contributed by atoms with Gasteiger partial charge in [0.25, 0.3) is 10.0 Å². The molecule has 1 aliphatic rings. The van der Waals surface area contributed by atoms with Gasteiger partial charge in [-0.3, -0.25) is 9.10 Å². The van der Waals surface area contributed by atoms with E-state index < -0.39 is 16.0 Å². The molecule has 4 aromatic rings. The molecule has 1 N–H and O–H groups in total. The van der Waals surface area contributed by atoms with E-state index in [1.165, 1.54) is 17.6 Å². The van der Waals surface area contributed by atoms with Crippen molar-refractivity contribution in [2.24, 2.45) is 0 Å². The molecule has 5 rings (SSSR count). The molecule has 0 spiro atoms. The number of para-hydroxylation sites is 2. The molecule has 0 atom stereocenters. The van der Waals surface area contributed by atoms with Crippen LogP contribution in [0.3, 0.4) is 0 Å². The quantitative estimate of drug-likeness (QED) is 0.206. The molecule has 0 saturated carbocycles. The number of nitrogens with one attached hydrogen (secondary N) is 1. The number of carbonyl (C=O) groups is 2. The summed E-state index contributed by atoms with van der Waals surface area (Å²) in [7, 11) is -2.66. The van der Waals surface area contributed by atoms with E-state index >= 15 is 0 Å². The van der Waals surface area contributed by atoms with Crippen LogP contribution in [0.1, 0.15) is 15.9 Å². The summed E-state index contributed by atoms with van der Waals surface area (Å²) in [4.78, 5) is 33.3. The van der Waals surface area contributed by atoms with Crippen LogP contribution in [-0.4, -0.2) is 43.1 Å². The molecule has 1 aromatic heterocycles. The van der Waals surface area contributed by atoms with Crippen LogP contribution in [0.25, 0.3) is 11.3 Å². The number of rotatable bonds is 7. The molecular formula is C27H22N4O5S2. The Morgan fingerprint density at radius 1 is 0.974 bits per heavy atom. The van der Waals surface area contributed by atoms with Crippen LogP contribution in [0.4, 0.5) is 11.4 Å². The molecule has 11 heteroatoms. The van der Waals surface area contributed by atoms with Gasteiger partial charge in [-0.2, -0.15) is 0 Å². The first kappa shape index (κ1) is 25.4. The zero-order valence-electron chi connectivity index (χ0n) is 20.2. The van der Waals surface area contributed by atoms with Crippen molar-refractivity contribution in [2.45, 2.75) is 16.6 Å². The van der Waals surface area contributed by atoms with Gasteiger partial charge in [0, 0.05) is 5.56 Å². The molecule has 192 valence electrons. The number of ether oxygens (including phenoxy) is 1. The van der Waals surface area contributed by atoms with Gasteiger partial charge in [0.15, 0.2) is 5.16 Å². The van der Waals surface area contributed by atoms with Crippen molar-refractivity contribution < 1.29 is 22.7 Å². The van der Waals surface area contributed by atoms with Gasteiger partial charge in [0.2, 0.25) is 5.91 Å². The Balaban J connectivity index is 1.38. The average molecular weight is 547 g/mol. The van der Waals surface area contributed by atoms with Gasteiger partial charge in [-0.05, 0) is 23.8 Å². The molecule has 0 aliphatic carbocycles. The summed E-state index contributed by atoms with van der Waals surface area (Å²) in [5, 5.41) is 2.95. The van der Waals surface area contributed by atoms with E-state index in [9.17, 15) is 18.0 Å². The molecular weight excluding hydrogens is 524 g/mol. The maximum atomic E-state index is 13.6. The summed E-state index contributed by atoms with van der Waals surface area (Å²) in [5.41, 5.74) is 2.89. The molecule has 9 nitrogen and oxygen atoms in total. The maximum absolute atomic E-state index is 13.6. The minimum Gasteiger partial charge on any atom is -0.465 e. The molecule has 0 bridgehead atoms. The number of aromatic nitrogens is 2. The number of fused-ring (bicyclic) bond motifs is 3. The van der Waals surface area contributed by atoms with Gasteiger partial charge in [-0.1, -0.05) is 72.4 Å². The summed E-state index contributed by atoms with van der Waals surface area (Å²) >= 11 is 1.06. The van der Waals surface area contributed by atoms with Crippen LogP contribution < -0.4 is 9.62 Å². The van der Waals surface area contributed by atoms with Crippen molar-refractivity contribution in [3.63, 3.8) is 0 Å². The van der Waals surface area contributed by atoms with Gasteiger partial charge >= 0.3 is 5.97 Å². The first-order valence-electron chi connectivity index (χ1n) is 11.5. The van der Waals surface area contributed by atoms with E-state index in [4.69, 9.17) is 4.74 Å². The van der Waals surface area contributed by atoms with E-state index in [0.29, 0.717) is 22.6 Å². The number of sulfonamides is 1. The second-order valence-corrected chi connectivity index (χ2v) is 11.0. The Bertz CT molecular complexity index is 1630. The molecule has 0 saturated heterocycles. The van der Waals surface area contributed by atoms with E-state index in [1.54, 1.807) is 36.4 Å². The van der Waals surface area contributed by atoms with E-state index in [0.717, 1.165) is 17.3 Å². The van der Waals surface area contributed by atoms with Crippen LogP contribution in [-0.2, 0) is 26.1 Å². The lowest BCUT2D eigenvalue weighted by atomic mass is 10.1. The first-order valence-corrected chi connectivity index (χ1v) is 13.9. The van der Waals surface area contributed by atoms with Gasteiger partial charge in [0.1, 0.15) is 4.90 Å². The molecule has 0 unspecified atom stereocenters. The molecule has 38 heavy (non-hydrogen) atoms. The highest BCUT2D eigenvalue weighted by molar-refractivity contribution is 7.99. The summed E-state index contributed by atoms with van der Waals surface area (Å²) in [6, 6.07) is 23.1. The molecule has 3 aromatic carbocycles. The number of anilines is 2. The Labute approximate surface area is 223 Å². The van der Waals surface area contributed by atoms with Crippen molar-refractivity contribution in [1.82, 2.24) is 9.97 Å². The molecule has 1 amide bonds. The predicted octanol–water partition coefficient (Wildman–Crippen LogP) is 4.37. The number of esters is 1. The van der Waals surface area contributed by atoms with Crippen LogP contribution in [0.15, 0.2) is 95.1 Å². The number of benzene rings is 3. The highest BCUT2D eigenvalue weighted by Crippen LogP contribution is 2.42. The van der Waals surface area contributed by atoms with Crippen molar-refractivity contribution in [1.29, 1.82) is 0 Å². The monoisotopic (exact) mass is 546 g/mol. The number of carbonyl (C=O) groups excluding carboxylic acids is 2. The van der Waals surface area contributed by atoms with Crippen LogP contribution in [0, 0.1) is 0 Å². The number of methoxy groups -OCH3 is 1. The smallest absolute Gasteiger partial charge is 0.339 e. The third kappa shape index (κ3) is 4.98. The number of hydrogen-bond donors (Lipinski definition) is 1. The molecule has 0 fully saturated rings. The Hall–Kier alpha value is -4.22. The second-order valence-electron chi connectivity index (χ2n) is 8.25. The van der Waals surface area contributed by atoms with Crippen LogP contribution in [0.5, 0.6) is 0 Å². The fourth-order valence-electron chi connectivity index (χ4n) is 4.06. The minimum atomic E-state index is -3.92. The Morgan fingerprint density at radius 3 is 2.47 bits per heavy atom. The van der Waals surface area contributed by atoms with Gasteiger partial charge < -0.3 is 10.1 Å². The third-order valence-electron chi connectivity index (χ3n) is 5.84. The van der Waals surface area contributed by atoms with Crippen molar-refractivity contribution >= 4 is 45.0 Å². The summed E-state index contributed by atoms with van der Waals surface area (Å²) < 4.78 is 33.3. The lowest BCUT2D eigenvalue weighted by Gasteiger charge is -2.31.